The Morgan fingerprint density at radius 3 is 2.67 bits per heavy atom. The van der Waals surface area contributed by atoms with Crippen molar-refractivity contribution in [3.63, 3.8) is 0 Å². The maximum absolute atomic E-state index is 13.5. The van der Waals surface area contributed by atoms with Crippen molar-refractivity contribution in [1.29, 1.82) is 0 Å². The molecule has 0 saturated carbocycles. The van der Waals surface area contributed by atoms with Crippen molar-refractivity contribution in [1.82, 2.24) is 4.90 Å². The van der Waals surface area contributed by atoms with Gasteiger partial charge in [-0.15, -0.1) is 0 Å². The van der Waals surface area contributed by atoms with Crippen LogP contribution in [0.2, 0.25) is 5.02 Å². The van der Waals surface area contributed by atoms with E-state index in [1.807, 2.05) is 0 Å². The Hall–Kier alpha value is -0.910. The summed E-state index contributed by atoms with van der Waals surface area (Å²) in [5, 5.41) is 2.96. The Labute approximate surface area is 110 Å². The quantitative estimate of drug-likeness (QED) is 0.914. The van der Waals surface area contributed by atoms with Gasteiger partial charge in [0.2, 0.25) is 0 Å². The lowest BCUT2D eigenvalue weighted by Crippen LogP contribution is -2.39. The maximum Gasteiger partial charge on any atom is 0.150 e. The summed E-state index contributed by atoms with van der Waals surface area (Å²) in [7, 11) is 0. The maximum atomic E-state index is 13.5. The van der Waals surface area contributed by atoms with Crippen molar-refractivity contribution in [2.75, 3.05) is 44.7 Å². The minimum absolute atomic E-state index is 0.0643. The Morgan fingerprint density at radius 1 is 1.28 bits per heavy atom. The third-order valence-electron chi connectivity index (χ3n) is 2.84. The van der Waals surface area contributed by atoms with Crippen molar-refractivity contribution in [2.24, 2.45) is 0 Å². The fourth-order valence-corrected chi connectivity index (χ4v) is 2.14. The van der Waals surface area contributed by atoms with Crippen LogP contribution in [0.5, 0.6) is 0 Å². The van der Waals surface area contributed by atoms with Gasteiger partial charge in [-0.25, -0.2) is 8.78 Å². The highest BCUT2D eigenvalue weighted by atomic mass is 35.5. The van der Waals surface area contributed by atoms with Gasteiger partial charge in [0.05, 0.1) is 23.9 Å². The van der Waals surface area contributed by atoms with Gasteiger partial charge >= 0.3 is 0 Å². The minimum Gasteiger partial charge on any atom is -0.380 e. The number of hydrogen-bond acceptors (Lipinski definition) is 3. The number of anilines is 1. The lowest BCUT2D eigenvalue weighted by atomic mass is 10.3. The molecule has 1 aliphatic rings. The number of nitrogens with zero attached hydrogens (tertiary/aromatic N) is 1. The number of benzene rings is 1. The zero-order valence-electron chi connectivity index (χ0n) is 9.89. The van der Waals surface area contributed by atoms with Crippen LogP contribution in [0.4, 0.5) is 14.5 Å². The SMILES string of the molecule is Fc1cc(F)c(NCCN2CCOCC2)c(Cl)c1. The van der Waals surface area contributed by atoms with Crippen molar-refractivity contribution >= 4 is 17.3 Å². The highest BCUT2D eigenvalue weighted by Crippen LogP contribution is 2.26. The fourth-order valence-electron chi connectivity index (χ4n) is 1.87. The molecule has 1 heterocycles. The van der Waals surface area contributed by atoms with Gasteiger partial charge in [0.15, 0.2) is 5.82 Å². The number of nitrogens with one attached hydrogen (secondary N) is 1. The summed E-state index contributed by atoms with van der Waals surface area (Å²) in [4.78, 5) is 2.21. The molecule has 1 N–H and O–H groups in total. The van der Waals surface area contributed by atoms with Crippen LogP contribution >= 0.6 is 11.6 Å². The normalized spacial score (nSPS) is 16.8. The first kappa shape index (κ1) is 13.5. The number of halogens is 3. The molecule has 0 bridgehead atoms. The lowest BCUT2D eigenvalue weighted by molar-refractivity contribution is 0.0398. The van der Waals surface area contributed by atoms with Crippen LogP contribution in [0.3, 0.4) is 0 Å². The van der Waals surface area contributed by atoms with Gasteiger partial charge < -0.3 is 10.1 Å². The number of morpholine rings is 1. The van der Waals surface area contributed by atoms with Crippen molar-refractivity contribution in [3.05, 3.63) is 28.8 Å². The molecule has 0 unspecified atom stereocenters. The molecular formula is C12H15ClF2N2O. The van der Waals surface area contributed by atoms with E-state index < -0.39 is 11.6 Å². The van der Waals surface area contributed by atoms with E-state index in [4.69, 9.17) is 16.3 Å². The molecule has 0 atom stereocenters. The highest BCUT2D eigenvalue weighted by Gasteiger charge is 2.12. The van der Waals surface area contributed by atoms with Crippen LogP contribution in [-0.4, -0.2) is 44.3 Å². The molecule has 100 valence electrons. The zero-order chi connectivity index (χ0) is 13.0. The monoisotopic (exact) mass is 276 g/mol. The summed E-state index contributed by atoms with van der Waals surface area (Å²) in [6.45, 7) is 4.54. The summed E-state index contributed by atoms with van der Waals surface area (Å²) in [5.41, 5.74) is 0.159. The van der Waals surface area contributed by atoms with Crippen molar-refractivity contribution in [2.45, 2.75) is 0 Å². The van der Waals surface area contributed by atoms with Crippen LogP contribution in [0.1, 0.15) is 0 Å². The molecule has 0 spiro atoms. The van der Waals surface area contributed by atoms with Gasteiger partial charge in [-0.05, 0) is 6.07 Å². The van der Waals surface area contributed by atoms with E-state index in [-0.39, 0.29) is 10.7 Å². The largest absolute Gasteiger partial charge is 0.380 e. The number of hydrogen-bond donors (Lipinski definition) is 1. The summed E-state index contributed by atoms with van der Waals surface area (Å²) in [5.74, 6) is -1.33. The average molecular weight is 277 g/mol. The molecule has 0 aromatic heterocycles. The van der Waals surface area contributed by atoms with Gasteiger partial charge in [-0.2, -0.15) is 0 Å². The summed E-state index contributed by atoms with van der Waals surface area (Å²) in [6.07, 6.45) is 0. The van der Waals surface area contributed by atoms with Crippen molar-refractivity contribution in [3.8, 4) is 0 Å². The van der Waals surface area contributed by atoms with Gasteiger partial charge in [0.25, 0.3) is 0 Å². The highest BCUT2D eigenvalue weighted by molar-refractivity contribution is 6.33. The number of rotatable bonds is 4. The Kier molecular flexibility index (Phi) is 4.74. The second-order valence-corrected chi connectivity index (χ2v) is 4.53. The van der Waals surface area contributed by atoms with E-state index in [0.717, 1.165) is 45.0 Å². The second-order valence-electron chi connectivity index (χ2n) is 4.13. The molecule has 1 aliphatic heterocycles. The first-order valence-corrected chi connectivity index (χ1v) is 6.23. The van der Waals surface area contributed by atoms with Gasteiger partial charge in [-0.1, -0.05) is 11.6 Å². The predicted molar refractivity (Wildman–Crippen MR) is 67.1 cm³/mol. The standard InChI is InChI=1S/C12H15ClF2N2O/c13-10-7-9(14)8-11(15)12(10)16-1-2-17-3-5-18-6-4-17/h7-8,16H,1-6H2. The van der Waals surface area contributed by atoms with E-state index in [9.17, 15) is 8.78 Å². The molecule has 6 heteroatoms. The third kappa shape index (κ3) is 3.54. The van der Waals surface area contributed by atoms with Gasteiger partial charge in [0.1, 0.15) is 5.82 Å². The smallest absolute Gasteiger partial charge is 0.150 e. The summed E-state index contributed by atoms with van der Waals surface area (Å²) in [6, 6.07) is 1.92. The molecule has 0 amide bonds. The molecule has 2 rings (SSSR count). The van der Waals surface area contributed by atoms with Gasteiger partial charge in [-0.3, -0.25) is 4.90 Å². The first-order valence-electron chi connectivity index (χ1n) is 5.85. The molecule has 0 radical (unpaired) electrons. The first-order chi connectivity index (χ1) is 8.66. The van der Waals surface area contributed by atoms with E-state index in [0.29, 0.717) is 6.54 Å². The second kappa shape index (κ2) is 6.31. The molecule has 0 aliphatic carbocycles. The minimum atomic E-state index is -0.670. The summed E-state index contributed by atoms with van der Waals surface area (Å²) < 4.78 is 31.5. The lowest BCUT2D eigenvalue weighted by Gasteiger charge is -2.26. The van der Waals surface area contributed by atoms with E-state index in [1.165, 1.54) is 0 Å². The Morgan fingerprint density at radius 2 is 2.00 bits per heavy atom. The number of ether oxygens (including phenoxy) is 1. The van der Waals surface area contributed by atoms with Crippen LogP contribution < -0.4 is 5.32 Å². The molecule has 1 fully saturated rings. The van der Waals surface area contributed by atoms with Gasteiger partial charge in [0, 0.05) is 32.2 Å². The Balaban J connectivity index is 1.86. The van der Waals surface area contributed by atoms with E-state index >= 15 is 0 Å². The molecule has 1 aromatic rings. The predicted octanol–water partition coefficient (Wildman–Crippen LogP) is 2.36. The van der Waals surface area contributed by atoms with E-state index in [1.54, 1.807) is 0 Å². The molecule has 1 saturated heterocycles. The van der Waals surface area contributed by atoms with Crippen LogP contribution in [0, 0.1) is 11.6 Å². The third-order valence-corrected chi connectivity index (χ3v) is 3.14. The van der Waals surface area contributed by atoms with Crippen molar-refractivity contribution < 1.29 is 13.5 Å². The van der Waals surface area contributed by atoms with E-state index in [2.05, 4.69) is 10.2 Å². The Bertz CT molecular complexity index is 388. The summed E-state index contributed by atoms with van der Waals surface area (Å²) >= 11 is 5.78. The zero-order valence-corrected chi connectivity index (χ0v) is 10.6. The molecule has 1 aromatic carbocycles. The van der Waals surface area contributed by atoms with Crippen LogP contribution in [-0.2, 0) is 4.74 Å². The molecule has 3 nitrogen and oxygen atoms in total. The molecular weight excluding hydrogens is 262 g/mol. The van der Waals surface area contributed by atoms with Crippen LogP contribution in [0.25, 0.3) is 0 Å². The van der Waals surface area contributed by atoms with Crippen LogP contribution in [0.15, 0.2) is 12.1 Å². The molecule has 18 heavy (non-hydrogen) atoms. The topological polar surface area (TPSA) is 24.5 Å². The fraction of sp³-hybridized carbons (Fsp3) is 0.500. The average Bonchev–Trinajstić information content (AvgIpc) is 2.34.